The van der Waals surface area contributed by atoms with Crippen LogP contribution in [0.25, 0.3) is 16.9 Å². The number of carbonyl (C=O) groups excluding carboxylic acids is 1. The highest BCUT2D eigenvalue weighted by Crippen LogP contribution is 2.33. The minimum atomic E-state index is -3.86. The third-order valence-electron chi connectivity index (χ3n) is 5.18. The van der Waals surface area contributed by atoms with Crippen LogP contribution in [0.1, 0.15) is 28.3 Å². The Hall–Kier alpha value is -3.32. The van der Waals surface area contributed by atoms with Crippen molar-refractivity contribution in [2.75, 3.05) is 6.54 Å². The Kier molecular flexibility index (Phi) is 7.17. The van der Waals surface area contributed by atoms with Crippen molar-refractivity contribution in [3.05, 3.63) is 69.6 Å². The zero-order valence-electron chi connectivity index (χ0n) is 18.4. The summed E-state index contributed by atoms with van der Waals surface area (Å²) in [6.45, 7) is 2.13. The second-order valence-electron chi connectivity index (χ2n) is 7.59. The molecule has 0 aliphatic carbocycles. The van der Waals surface area contributed by atoms with Gasteiger partial charge in [0.2, 0.25) is 10.0 Å². The summed E-state index contributed by atoms with van der Waals surface area (Å²) in [5.74, 6) is 0.184. The van der Waals surface area contributed by atoms with E-state index in [-0.39, 0.29) is 16.5 Å². The lowest BCUT2D eigenvalue weighted by Crippen LogP contribution is -2.26. The van der Waals surface area contributed by atoms with Gasteiger partial charge in [0.1, 0.15) is 0 Å². The number of H-pyrrole nitrogens is 1. The van der Waals surface area contributed by atoms with Gasteiger partial charge in [-0.1, -0.05) is 40.5 Å². The van der Waals surface area contributed by atoms with Crippen molar-refractivity contribution in [3.8, 4) is 16.9 Å². The Morgan fingerprint density at radius 3 is 2.54 bits per heavy atom. The smallest absolute Gasteiger partial charge is 0.272 e. The van der Waals surface area contributed by atoms with Gasteiger partial charge < -0.3 is 5.32 Å². The molecule has 14 heteroatoms. The summed E-state index contributed by atoms with van der Waals surface area (Å²) in [5.41, 5.74) is 2.45. The molecule has 0 atom stereocenters. The summed E-state index contributed by atoms with van der Waals surface area (Å²) >= 11 is 12.5. The van der Waals surface area contributed by atoms with Gasteiger partial charge in [0.05, 0.1) is 21.3 Å². The molecule has 0 fully saturated rings. The van der Waals surface area contributed by atoms with E-state index in [2.05, 4.69) is 31.0 Å². The van der Waals surface area contributed by atoms with Crippen LogP contribution in [-0.2, 0) is 16.4 Å². The third-order valence-corrected chi connectivity index (χ3v) is 6.65. The molecular formula is C21H20Cl2N8O3S. The number of primary sulfonamides is 1. The fraction of sp³-hybridized carbons (Fsp3) is 0.190. The molecule has 0 radical (unpaired) electrons. The highest BCUT2D eigenvalue weighted by atomic mass is 35.5. The van der Waals surface area contributed by atoms with Crippen molar-refractivity contribution in [1.82, 2.24) is 35.7 Å². The SMILES string of the molecule is Cc1c(C(=O)NCCCc2nn[nH]n2)nn(-c2ccc(Cl)cc2Cl)c1-c1ccc(S(N)(=O)=O)cc1. The van der Waals surface area contributed by atoms with Crippen molar-refractivity contribution >= 4 is 39.1 Å². The highest BCUT2D eigenvalue weighted by molar-refractivity contribution is 7.89. The summed E-state index contributed by atoms with van der Waals surface area (Å²) in [6, 6.07) is 10.9. The summed E-state index contributed by atoms with van der Waals surface area (Å²) in [5, 5.41) is 27.0. The average molecular weight is 535 g/mol. The molecule has 1 amide bonds. The number of rotatable bonds is 8. The molecule has 0 saturated carbocycles. The lowest BCUT2D eigenvalue weighted by atomic mass is 10.1. The van der Waals surface area contributed by atoms with Gasteiger partial charge in [-0.2, -0.15) is 10.3 Å². The maximum absolute atomic E-state index is 13.0. The van der Waals surface area contributed by atoms with Gasteiger partial charge in [0.15, 0.2) is 11.5 Å². The quantitative estimate of drug-likeness (QED) is 0.292. The summed E-state index contributed by atoms with van der Waals surface area (Å²) in [6.07, 6.45) is 1.15. The van der Waals surface area contributed by atoms with Crippen LogP contribution in [0, 0.1) is 6.92 Å². The van der Waals surface area contributed by atoms with Gasteiger partial charge in [-0.25, -0.2) is 18.2 Å². The molecule has 4 rings (SSSR count). The number of aromatic nitrogens is 6. The number of nitrogens with zero attached hydrogens (tertiary/aromatic N) is 5. The zero-order valence-corrected chi connectivity index (χ0v) is 20.7. The molecule has 2 aromatic heterocycles. The first kappa shape index (κ1) is 24.8. The highest BCUT2D eigenvalue weighted by Gasteiger charge is 2.23. The first-order chi connectivity index (χ1) is 16.6. The lowest BCUT2D eigenvalue weighted by Gasteiger charge is -2.11. The van der Waals surface area contributed by atoms with Crippen molar-refractivity contribution in [1.29, 1.82) is 0 Å². The fourth-order valence-electron chi connectivity index (χ4n) is 3.50. The molecule has 4 N–H and O–H groups in total. The Labute approximate surface area is 210 Å². The van der Waals surface area contributed by atoms with Crippen LogP contribution in [0.3, 0.4) is 0 Å². The summed E-state index contributed by atoms with van der Waals surface area (Å²) in [7, 11) is -3.86. The number of nitrogens with two attached hydrogens (primary N) is 1. The first-order valence-corrected chi connectivity index (χ1v) is 12.6. The van der Waals surface area contributed by atoms with Crippen molar-refractivity contribution in [2.45, 2.75) is 24.7 Å². The topological polar surface area (TPSA) is 162 Å². The number of hydrogen-bond donors (Lipinski definition) is 3. The number of aryl methyl sites for hydroxylation is 1. The van der Waals surface area contributed by atoms with Gasteiger partial charge in [0.25, 0.3) is 5.91 Å². The molecule has 11 nitrogen and oxygen atoms in total. The molecule has 2 aromatic carbocycles. The standard InChI is InChI=1S/C21H20Cl2N8O3S/c1-12-19(21(32)25-10-2-3-18-26-29-30-27-18)28-31(17-9-6-14(22)11-16(17)23)20(12)13-4-7-15(8-5-13)35(24,33)34/h4-9,11H,2-3,10H2,1H3,(H,25,32)(H2,24,33,34)(H,26,27,29,30). The Bertz CT molecular complexity index is 1470. The molecule has 0 unspecified atom stereocenters. The van der Waals surface area contributed by atoms with E-state index in [9.17, 15) is 13.2 Å². The normalized spacial score (nSPS) is 11.5. The predicted molar refractivity (Wildman–Crippen MR) is 130 cm³/mol. The molecule has 35 heavy (non-hydrogen) atoms. The van der Waals surface area contributed by atoms with E-state index in [1.54, 1.807) is 37.3 Å². The lowest BCUT2D eigenvalue weighted by molar-refractivity contribution is 0.0947. The zero-order chi connectivity index (χ0) is 25.2. The van der Waals surface area contributed by atoms with Crippen LogP contribution < -0.4 is 10.5 Å². The van der Waals surface area contributed by atoms with E-state index in [4.69, 9.17) is 28.3 Å². The second kappa shape index (κ2) is 10.1. The third kappa shape index (κ3) is 5.51. The average Bonchev–Trinajstić information content (AvgIpc) is 3.44. The Morgan fingerprint density at radius 1 is 1.17 bits per heavy atom. The van der Waals surface area contributed by atoms with Gasteiger partial charge in [-0.3, -0.25) is 4.79 Å². The van der Waals surface area contributed by atoms with Gasteiger partial charge in [0, 0.05) is 29.1 Å². The van der Waals surface area contributed by atoms with Crippen LogP contribution in [0.15, 0.2) is 47.4 Å². The van der Waals surface area contributed by atoms with Crippen molar-refractivity contribution < 1.29 is 13.2 Å². The number of carbonyl (C=O) groups is 1. The first-order valence-electron chi connectivity index (χ1n) is 10.3. The number of benzene rings is 2. The molecule has 0 bridgehead atoms. The van der Waals surface area contributed by atoms with Crippen molar-refractivity contribution in [2.24, 2.45) is 5.14 Å². The maximum atomic E-state index is 13.0. The van der Waals surface area contributed by atoms with Crippen LogP contribution >= 0.6 is 23.2 Å². The molecular weight excluding hydrogens is 515 g/mol. The maximum Gasteiger partial charge on any atom is 0.272 e. The number of nitrogens with one attached hydrogen (secondary N) is 2. The van der Waals surface area contributed by atoms with Gasteiger partial charge in [-0.05, 0) is 43.7 Å². The number of aromatic amines is 1. The van der Waals surface area contributed by atoms with E-state index in [0.717, 1.165) is 0 Å². The summed E-state index contributed by atoms with van der Waals surface area (Å²) < 4.78 is 24.9. The number of amides is 1. The van der Waals surface area contributed by atoms with E-state index in [1.165, 1.54) is 16.8 Å². The van der Waals surface area contributed by atoms with Crippen LogP contribution in [0.2, 0.25) is 10.0 Å². The monoisotopic (exact) mass is 534 g/mol. The van der Waals surface area contributed by atoms with E-state index >= 15 is 0 Å². The van der Waals surface area contributed by atoms with Crippen LogP contribution in [0.4, 0.5) is 0 Å². The molecule has 0 spiro atoms. The predicted octanol–water partition coefficient (Wildman–Crippen LogP) is 2.68. The van der Waals surface area contributed by atoms with Crippen LogP contribution in [0.5, 0.6) is 0 Å². The molecule has 0 saturated heterocycles. The number of halogens is 2. The Balaban J connectivity index is 1.69. The van der Waals surface area contributed by atoms with Gasteiger partial charge >= 0.3 is 0 Å². The molecule has 182 valence electrons. The van der Waals surface area contributed by atoms with E-state index < -0.39 is 10.0 Å². The minimum Gasteiger partial charge on any atom is -0.351 e. The molecule has 4 aromatic rings. The minimum absolute atomic E-state index is 0.0333. The number of sulfonamides is 1. The number of tetrazole rings is 1. The van der Waals surface area contributed by atoms with Crippen LogP contribution in [-0.4, -0.2) is 51.3 Å². The van der Waals surface area contributed by atoms with Gasteiger partial charge in [-0.15, -0.1) is 10.2 Å². The summed E-state index contributed by atoms with van der Waals surface area (Å²) in [4.78, 5) is 13.0. The molecule has 2 heterocycles. The number of hydrogen-bond acceptors (Lipinski definition) is 7. The molecule has 0 aliphatic rings. The van der Waals surface area contributed by atoms with E-state index in [1.807, 2.05) is 0 Å². The molecule has 0 aliphatic heterocycles. The fourth-order valence-corrected chi connectivity index (χ4v) is 4.50. The largest absolute Gasteiger partial charge is 0.351 e. The van der Waals surface area contributed by atoms with Crippen molar-refractivity contribution in [3.63, 3.8) is 0 Å². The Morgan fingerprint density at radius 2 is 1.91 bits per heavy atom. The second-order valence-corrected chi connectivity index (χ2v) is 9.99. The van der Waals surface area contributed by atoms with E-state index in [0.29, 0.717) is 57.8 Å².